The molecule has 138 valence electrons. The summed E-state index contributed by atoms with van der Waals surface area (Å²) in [5, 5.41) is 1.92. The molecule has 1 unspecified atom stereocenters. The van der Waals surface area contributed by atoms with Gasteiger partial charge in [0.25, 0.3) is 5.56 Å². The van der Waals surface area contributed by atoms with Crippen LogP contribution in [0.1, 0.15) is 29.4 Å². The van der Waals surface area contributed by atoms with E-state index in [1.807, 2.05) is 36.6 Å². The zero-order valence-electron chi connectivity index (χ0n) is 14.9. The van der Waals surface area contributed by atoms with Gasteiger partial charge in [-0.2, -0.15) is 0 Å². The summed E-state index contributed by atoms with van der Waals surface area (Å²) in [5.74, 6) is 0.897. The van der Waals surface area contributed by atoms with E-state index in [1.165, 1.54) is 29.8 Å². The topological polar surface area (TPSA) is 73.8 Å². The van der Waals surface area contributed by atoms with Gasteiger partial charge in [-0.15, -0.1) is 11.3 Å². The summed E-state index contributed by atoms with van der Waals surface area (Å²) in [7, 11) is 1.33. The quantitative estimate of drug-likeness (QED) is 0.633. The minimum atomic E-state index is -0.547. The number of carbonyl (C=O) groups is 1. The average molecular weight is 400 g/mol. The number of nitrogens with zero attached hydrogens (tertiary/aromatic N) is 2. The van der Waals surface area contributed by atoms with Crippen LogP contribution in [0, 0.1) is 6.92 Å². The van der Waals surface area contributed by atoms with Crippen molar-refractivity contribution < 1.29 is 13.9 Å². The molecule has 0 aromatic carbocycles. The lowest BCUT2D eigenvalue weighted by atomic mass is 10.0. The van der Waals surface area contributed by atoms with Crippen molar-refractivity contribution in [1.82, 2.24) is 4.57 Å². The Bertz CT molecular complexity index is 1230. The molecule has 0 fully saturated rings. The predicted octanol–water partition coefficient (Wildman–Crippen LogP) is 2.37. The van der Waals surface area contributed by atoms with Gasteiger partial charge in [0, 0.05) is 11.0 Å². The Balaban J connectivity index is 1.98. The first kappa shape index (κ1) is 17.7. The molecule has 0 spiro atoms. The Labute approximate surface area is 162 Å². The lowest BCUT2D eigenvalue weighted by Gasteiger charge is -2.22. The zero-order valence-corrected chi connectivity index (χ0v) is 16.5. The zero-order chi connectivity index (χ0) is 19.1. The van der Waals surface area contributed by atoms with Gasteiger partial charge in [-0.25, -0.2) is 9.79 Å². The van der Waals surface area contributed by atoms with Gasteiger partial charge in [0.15, 0.2) is 4.80 Å². The van der Waals surface area contributed by atoms with E-state index in [4.69, 9.17) is 9.15 Å². The third-order valence-electron chi connectivity index (χ3n) is 4.27. The number of furan rings is 1. The van der Waals surface area contributed by atoms with Crippen LogP contribution in [-0.4, -0.2) is 17.6 Å². The normalized spacial score (nSPS) is 17.0. The number of carbonyl (C=O) groups excluding carboxylic acids is 1. The highest BCUT2D eigenvalue weighted by Crippen LogP contribution is 2.32. The lowest BCUT2D eigenvalue weighted by Crippen LogP contribution is -2.39. The van der Waals surface area contributed by atoms with Crippen molar-refractivity contribution in [1.29, 1.82) is 0 Å². The molecule has 0 aliphatic carbocycles. The van der Waals surface area contributed by atoms with E-state index in [-0.39, 0.29) is 5.56 Å². The highest BCUT2D eigenvalue weighted by Gasteiger charge is 2.33. The fourth-order valence-electron chi connectivity index (χ4n) is 3.07. The van der Waals surface area contributed by atoms with Crippen LogP contribution in [0.4, 0.5) is 0 Å². The average Bonchev–Trinajstić information content (AvgIpc) is 3.36. The fraction of sp³-hybridized carbons (Fsp3) is 0.211. The van der Waals surface area contributed by atoms with Crippen molar-refractivity contribution in [3.8, 4) is 0 Å². The first-order chi connectivity index (χ1) is 13.0. The van der Waals surface area contributed by atoms with E-state index in [9.17, 15) is 9.59 Å². The number of hydrogen-bond acceptors (Lipinski definition) is 7. The molecule has 0 radical (unpaired) electrons. The molecule has 1 atom stereocenters. The molecule has 0 saturated heterocycles. The highest BCUT2D eigenvalue weighted by molar-refractivity contribution is 7.10. The van der Waals surface area contributed by atoms with Crippen molar-refractivity contribution in [2.75, 3.05) is 7.11 Å². The molecular weight excluding hydrogens is 384 g/mol. The van der Waals surface area contributed by atoms with Gasteiger partial charge in [-0.1, -0.05) is 17.4 Å². The fourth-order valence-corrected chi connectivity index (χ4v) is 4.92. The maximum Gasteiger partial charge on any atom is 0.338 e. The van der Waals surface area contributed by atoms with Gasteiger partial charge in [-0.05, 0) is 37.4 Å². The second-order valence-electron chi connectivity index (χ2n) is 6.04. The number of aromatic nitrogens is 1. The Morgan fingerprint density at radius 3 is 2.78 bits per heavy atom. The number of esters is 1. The van der Waals surface area contributed by atoms with E-state index in [1.54, 1.807) is 17.6 Å². The molecule has 8 heteroatoms. The van der Waals surface area contributed by atoms with E-state index in [0.717, 1.165) is 10.6 Å². The van der Waals surface area contributed by atoms with E-state index in [0.29, 0.717) is 26.4 Å². The number of thiophene rings is 1. The monoisotopic (exact) mass is 400 g/mol. The number of hydrogen-bond donors (Lipinski definition) is 0. The van der Waals surface area contributed by atoms with Crippen molar-refractivity contribution in [2.24, 2.45) is 4.99 Å². The third kappa shape index (κ3) is 3.00. The molecule has 6 nitrogen and oxygen atoms in total. The van der Waals surface area contributed by atoms with Gasteiger partial charge in [-0.3, -0.25) is 9.36 Å². The van der Waals surface area contributed by atoms with Gasteiger partial charge in [0.1, 0.15) is 17.6 Å². The van der Waals surface area contributed by atoms with Crippen LogP contribution in [0.15, 0.2) is 55.1 Å². The van der Waals surface area contributed by atoms with Gasteiger partial charge < -0.3 is 9.15 Å². The Kier molecular flexibility index (Phi) is 4.45. The first-order valence-corrected chi connectivity index (χ1v) is 9.90. The van der Waals surface area contributed by atoms with Crippen LogP contribution in [-0.2, 0) is 9.53 Å². The summed E-state index contributed by atoms with van der Waals surface area (Å²) in [4.78, 5) is 31.5. The summed E-state index contributed by atoms with van der Waals surface area (Å²) in [6, 6.07) is 6.91. The van der Waals surface area contributed by atoms with Gasteiger partial charge in [0.2, 0.25) is 0 Å². The van der Waals surface area contributed by atoms with E-state index >= 15 is 0 Å². The molecule has 0 bridgehead atoms. The largest absolute Gasteiger partial charge is 0.466 e. The van der Waals surface area contributed by atoms with Crippen LogP contribution in [0.3, 0.4) is 0 Å². The minimum absolute atomic E-state index is 0.208. The Morgan fingerprint density at radius 2 is 2.15 bits per heavy atom. The summed E-state index contributed by atoms with van der Waals surface area (Å²) in [5.41, 5.74) is 0.731. The number of methoxy groups -OCH3 is 1. The molecule has 1 aliphatic rings. The molecule has 3 aromatic rings. The second-order valence-corrected chi connectivity index (χ2v) is 8.03. The summed E-state index contributed by atoms with van der Waals surface area (Å²) in [6.45, 7) is 3.61. The summed E-state index contributed by atoms with van der Waals surface area (Å²) < 4.78 is 12.6. The van der Waals surface area contributed by atoms with Crippen LogP contribution in [0.2, 0.25) is 0 Å². The van der Waals surface area contributed by atoms with E-state index in [2.05, 4.69) is 4.99 Å². The smallest absolute Gasteiger partial charge is 0.338 e. The number of aryl methyl sites for hydroxylation is 1. The number of fused-ring (bicyclic) bond motifs is 1. The van der Waals surface area contributed by atoms with Gasteiger partial charge >= 0.3 is 5.97 Å². The minimum Gasteiger partial charge on any atom is -0.466 e. The molecule has 0 N–H and O–H groups in total. The SMILES string of the molecule is COC(=O)C1=C(C)N=c2sc(=Cc3ccc(C)o3)c(=O)n2C1c1cccs1. The molecule has 1 aliphatic heterocycles. The maximum absolute atomic E-state index is 13.2. The Hall–Kier alpha value is -2.71. The van der Waals surface area contributed by atoms with Crippen LogP contribution < -0.4 is 14.9 Å². The van der Waals surface area contributed by atoms with Crippen molar-refractivity contribution in [3.05, 3.63) is 77.0 Å². The second kappa shape index (κ2) is 6.79. The maximum atomic E-state index is 13.2. The molecule has 27 heavy (non-hydrogen) atoms. The van der Waals surface area contributed by atoms with Crippen LogP contribution in [0.5, 0.6) is 0 Å². The van der Waals surface area contributed by atoms with E-state index < -0.39 is 12.0 Å². The lowest BCUT2D eigenvalue weighted by molar-refractivity contribution is -0.136. The number of rotatable bonds is 3. The number of thiazole rings is 1. The first-order valence-electron chi connectivity index (χ1n) is 8.20. The molecular formula is C19H16N2O4S2. The summed E-state index contributed by atoms with van der Waals surface area (Å²) >= 11 is 2.76. The van der Waals surface area contributed by atoms with Gasteiger partial charge in [0.05, 0.1) is 22.9 Å². The number of allylic oxidation sites excluding steroid dienone is 1. The predicted molar refractivity (Wildman–Crippen MR) is 104 cm³/mol. The molecule has 0 saturated carbocycles. The molecule has 3 aromatic heterocycles. The summed E-state index contributed by atoms with van der Waals surface area (Å²) in [6.07, 6.45) is 1.71. The third-order valence-corrected chi connectivity index (χ3v) is 6.18. The highest BCUT2D eigenvalue weighted by atomic mass is 32.1. The van der Waals surface area contributed by atoms with Crippen molar-refractivity contribution in [2.45, 2.75) is 19.9 Å². The molecule has 4 rings (SSSR count). The number of ether oxygens (including phenoxy) is 1. The molecule has 0 amide bonds. The standard InChI is InChI=1S/C19H16N2O4S2/c1-10-6-7-12(25-10)9-14-17(22)21-16(13-5-4-8-26-13)15(18(23)24-3)11(2)20-19(21)27-14/h4-9,16H,1-3H3. The van der Waals surface area contributed by atoms with Crippen LogP contribution in [0.25, 0.3) is 6.08 Å². The van der Waals surface area contributed by atoms with Crippen LogP contribution >= 0.6 is 22.7 Å². The Morgan fingerprint density at radius 1 is 1.33 bits per heavy atom. The van der Waals surface area contributed by atoms with Crippen molar-refractivity contribution in [3.63, 3.8) is 0 Å². The van der Waals surface area contributed by atoms with Crippen molar-refractivity contribution >= 4 is 34.7 Å². The molecule has 4 heterocycles.